The van der Waals surface area contributed by atoms with E-state index in [1.165, 1.54) is 0 Å². The van der Waals surface area contributed by atoms with E-state index in [2.05, 4.69) is 177 Å². The molecule has 0 aliphatic carbocycles. The minimum Gasteiger partial charge on any atom is -0.491 e. The third-order valence-corrected chi connectivity index (χ3v) is 28.4. The first-order valence-electron chi connectivity index (χ1n) is 37.1. The Hall–Kier alpha value is -8.52. The van der Waals surface area contributed by atoms with Crippen LogP contribution < -0.4 is 62.0 Å². The highest BCUT2D eigenvalue weighted by molar-refractivity contribution is 7.80. The normalized spacial score (nSPS) is 12.7. The van der Waals surface area contributed by atoms with Crippen LogP contribution >= 0.6 is 21.4 Å². The molecular formula is C91H112N3O9P3. The molecule has 0 bridgehead atoms. The van der Waals surface area contributed by atoms with Gasteiger partial charge in [0.25, 0.3) is 0 Å². The van der Waals surface area contributed by atoms with E-state index < -0.39 is 59.8 Å². The fraction of sp³-hybridized carbons (Fsp3) is 0.374. The quantitative estimate of drug-likeness (QED) is 0.0258. The molecule has 9 rings (SSSR count). The Kier molecular flexibility index (Phi) is 25.6. The maximum Gasteiger partial charge on any atom is 0.228 e. The molecule has 106 heavy (non-hydrogen) atoms. The van der Waals surface area contributed by atoms with Gasteiger partial charge in [-0.05, 0) is 49.2 Å². The zero-order valence-electron chi connectivity index (χ0n) is 65.7. The molecule has 15 heteroatoms. The maximum absolute atomic E-state index is 15.3. The molecule has 0 unspecified atom stereocenters. The Morgan fingerprint density at radius 3 is 0.651 bits per heavy atom. The molecule has 0 saturated heterocycles. The Morgan fingerprint density at radius 1 is 0.292 bits per heavy atom. The van der Waals surface area contributed by atoms with Crippen molar-refractivity contribution in [1.82, 2.24) is 16.0 Å². The van der Waals surface area contributed by atoms with Crippen LogP contribution in [0.15, 0.2) is 218 Å². The van der Waals surface area contributed by atoms with Gasteiger partial charge >= 0.3 is 0 Å². The maximum atomic E-state index is 15.3. The van der Waals surface area contributed by atoms with E-state index in [9.17, 15) is 14.4 Å². The predicted molar refractivity (Wildman–Crippen MR) is 442 cm³/mol. The zero-order chi connectivity index (χ0) is 77.3. The highest BCUT2D eigenvalue weighted by atomic mass is 31.2. The van der Waals surface area contributed by atoms with Crippen molar-refractivity contribution in [2.75, 3.05) is 57.9 Å². The molecule has 0 saturated carbocycles. The fourth-order valence-electron chi connectivity index (χ4n) is 13.4. The van der Waals surface area contributed by atoms with Gasteiger partial charge in [0, 0.05) is 71.1 Å². The SMILES string of the molecule is CC(C)(C)c1cc(C(c2cc(C(C)(C)C)cc(C(C)(C)C)c2OCCNC(=O)CP(=O)(c2ccccc2)c2ccccc2)c2cc(C(C)(C)C)cc(C(C)(C)C)c2OCCNC(=O)CP(=O)(c2ccccc2)c2ccccc2)c(OCCNC(=O)CP(=O)(c2ccccc2)c2ccccc2)c(C(C)(C)C)c1. The first kappa shape index (κ1) is 81.6. The number of carbonyl (C=O) groups excluding carboxylic acids is 3. The summed E-state index contributed by atoms with van der Waals surface area (Å²) < 4.78 is 68.2. The molecule has 0 aliphatic rings. The lowest BCUT2D eigenvalue weighted by Crippen LogP contribution is -2.34. The summed E-state index contributed by atoms with van der Waals surface area (Å²) in [5, 5.41) is 13.0. The number of ether oxygens (including phenoxy) is 3. The summed E-state index contributed by atoms with van der Waals surface area (Å²) in [7, 11) is -10.3. The van der Waals surface area contributed by atoms with E-state index in [4.69, 9.17) is 14.2 Å². The Bertz CT molecular complexity index is 4060. The highest BCUT2D eigenvalue weighted by Crippen LogP contribution is 2.54. The van der Waals surface area contributed by atoms with Gasteiger partial charge in [-0.3, -0.25) is 14.4 Å². The van der Waals surface area contributed by atoms with Gasteiger partial charge < -0.3 is 43.9 Å². The van der Waals surface area contributed by atoms with Crippen LogP contribution in [0.5, 0.6) is 17.2 Å². The van der Waals surface area contributed by atoms with Crippen LogP contribution in [-0.4, -0.2) is 75.7 Å². The van der Waals surface area contributed by atoms with Crippen molar-refractivity contribution in [1.29, 1.82) is 0 Å². The molecular weight excluding hydrogens is 1370 g/mol. The summed E-state index contributed by atoms with van der Waals surface area (Å²) in [5.74, 6) is -0.0874. The van der Waals surface area contributed by atoms with E-state index >= 15 is 13.7 Å². The third-order valence-electron chi connectivity index (χ3n) is 19.5. The van der Waals surface area contributed by atoms with E-state index in [-0.39, 0.29) is 75.7 Å². The topological polar surface area (TPSA) is 166 Å². The van der Waals surface area contributed by atoms with Crippen molar-refractivity contribution >= 4 is 71.0 Å². The second-order valence-electron chi connectivity index (χ2n) is 34.1. The van der Waals surface area contributed by atoms with Gasteiger partial charge in [0.05, 0.1) is 38.1 Å². The van der Waals surface area contributed by atoms with Crippen LogP contribution in [0.25, 0.3) is 0 Å². The zero-order valence-corrected chi connectivity index (χ0v) is 68.4. The van der Waals surface area contributed by atoms with E-state index in [1.54, 1.807) is 0 Å². The number of nitrogens with one attached hydrogen (secondary N) is 3. The number of hydrogen-bond donors (Lipinski definition) is 3. The molecule has 0 spiro atoms. The molecule has 0 heterocycles. The monoisotopic (exact) mass is 1480 g/mol. The van der Waals surface area contributed by atoms with Gasteiger partial charge in [-0.25, -0.2) is 0 Å². The highest BCUT2D eigenvalue weighted by Gasteiger charge is 2.40. The number of carbonyl (C=O) groups is 3. The summed E-state index contributed by atoms with van der Waals surface area (Å²) in [6, 6.07) is 68.9. The second-order valence-corrected chi connectivity index (χ2v) is 42.5. The smallest absolute Gasteiger partial charge is 0.228 e. The first-order valence-corrected chi connectivity index (χ1v) is 42.8. The van der Waals surface area contributed by atoms with Gasteiger partial charge in [-0.15, -0.1) is 0 Å². The molecule has 12 nitrogen and oxygen atoms in total. The molecule has 3 N–H and O–H groups in total. The van der Waals surface area contributed by atoms with Gasteiger partial charge in [0.1, 0.15) is 37.1 Å². The van der Waals surface area contributed by atoms with Crippen molar-refractivity contribution in [3.05, 3.63) is 268 Å². The minimum absolute atomic E-state index is 0.0317. The summed E-state index contributed by atoms with van der Waals surface area (Å²) >= 11 is 0. The van der Waals surface area contributed by atoms with Crippen molar-refractivity contribution in [2.24, 2.45) is 0 Å². The standard InChI is InChI=1S/C91H112N3O9P3/c1-86(2,3)64-55-73(83(76(58-64)89(10,11)12)101-52-49-92-79(95)61-104(98,67-37-25-19-26-38-67)68-39-27-20-28-40-68)82(74-56-65(87(4,5)6)59-77(90(13,14)15)84(74)102-53-50-93-80(96)62-105(99,69-41-29-21-30-42-69)70-43-31-22-32-44-70)75-57-66(88(7,8)9)60-78(91(16,17)18)85(75)103-54-51-94-81(97)63-106(100,71-45-33-23-34-46-71)72-47-35-24-36-48-72/h19-48,55-60,82H,49-54,61-63H2,1-18H3,(H,92,95)(H,93,96)(H,94,97). The average molecular weight is 1480 g/mol. The first-order chi connectivity index (χ1) is 49.7. The molecule has 0 atom stereocenters. The molecule has 3 amide bonds. The van der Waals surface area contributed by atoms with Gasteiger partial charge in [-0.2, -0.15) is 0 Å². The average Bonchev–Trinajstić information content (AvgIpc) is 0.756. The minimum atomic E-state index is -3.44. The largest absolute Gasteiger partial charge is 0.491 e. The summed E-state index contributed by atoms with van der Waals surface area (Å²) in [4.78, 5) is 43.4. The van der Waals surface area contributed by atoms with Gasteiger partial charge in [0.15, 0.2) is 21.4 Å². The van der Waals surface area contributed by atoms with E-state index in [1.807, 2.05) is 182 Å². The van der Waals surface area contributed by atoms with E-state index in [0.717, 1.165) is 50.1 Å². The van der Waals surface area contributed by atoms with Gasteiger partial charge in [0.2, 0.25) is 17.7 Å². The molecule has 0 fully saturated rings. The van der Waals surface area contributed by atoms with Crippen molar-refractivity contribution in [3.63, 3.8) is 0 Å². The number of amides is 3. The van der Waals surface area contributed by atoms with E-state index in [0.29, 0.717) is 49.1 Å². The summed E-state index contributed by atoms with van der Waals surface area (Å²) in [6.45, 7) is 39.9. The predicted octanol–water partition coefficient (Wildman–Crippen LogP) is 17.2. The van der Waals surface area contributed by atoms with Gasteiger partial charge in [-0.1, -0.05) is 343 Å². The third kappa shape index (κ3) is 19.8. The van der Waals surface area contributed by atoms with Crippen molar-refractivity contribution in [3.8, 4) is 17.2 Å². The Morgan fingerprint density at radius 2 is 0.481 bits per heavy atom. The molecule has 0 aliphatic heterocycles. The van der Waals surface area contributed by atoms with Crippen molar-refractivity contribution < 1.29 is 42.3 Å². The molecule has 9 aromatic carbocycles. The molecule has 9 aromatic rings. The summed E-state index contributed by atoms with van der Waals surface area (Å²) in [5.41, 5.74) is 5.45. The number of rotatable bonds is 27. The van der Waals surface area contributed by atoms with Crippen LogP contribution in [0.2, 0.25) is 0 Å². The Labute approximate surface area is 632 Å². The number of hydrogen-bond acceptors (Lipinski definition) is 9. The molecule has 0 aromatic heterocycles. The fourth-order valence-corrected chi connectivity index (χ4v) is 20.8. The van der Waals surface area contributed by atoms with Crippen LogP contribution in [0.4, 0.5) is 0 Å². The Balaban J connectivity index is 1.24. The molecule has 560 valence electrons. The lowest BCUT2D eigenvalue weighted by molar-refractivity contribution is -0.119. The van der Waals surface area contributed by atoms with Crippen LogP contribution in [0, 0.1) is 0 Å². The van der Waals surface area contributed by atoms with Crippen LogP contribution in [0.3, 0.4) is 0 Å². The number of benzene rings is 9. The van der Waals surface area contributed by atoms with Crippen molar-refractivity contribution in [2.45, 2.75) is 163 Å². The second kappa shape index (κ2) is 33.3. The van der Waals surface area contributed by atoms with Crippen LogP contribution in [0.1, 0.15) is 181 Å². The van der Waals surface area contributed by atoms with Crippen LogP contribution in [-0.2, 0) is 60.6 Å². The lowest BCUT2D eigenvalue weighted by Gasteiger charge is -2.37. The summed E-state index contributed by atoms with van der Waals surface area (Å²) in [6.07, 6.45) is -0.733. The lowest BCUT2D eigenvalue weighted by atomic mass is 9.70. The molecule has 0 radical (unpaired) electrons.